The van der Waals surface area contributed by atoms with E-state index in [0.717, 1.165) is 103 Å². The first-order valence-electron chi connectivity index (χ1n) is 30.3. The molecule has 2 rings (SSSR count). The van der Waals surface area contributed by atoms with Crippen LogP contribution >= 0.6 is 0 Å². The van der Waals surface area contributed by atoms with Gasteiger partial charge in [-0.25, -0.2) is 0 Å². The van der Waals surface area contributed by atoms with Gasteiger partial charge in [0.15, 0.2) is 18.3 Å². The molecule has 0 aromatic heterocycles. The molecule has 9 nitrogen and oxygen atoms in total. The lowest BCUT2D eigenvalue weighted by molar-refractivity contribution is -0.261. The first-order valence-corrected chi connectivity index (χ1v) is 30.3. The van der Waals surface area contributed by atoms with Crippen molar-refractivity contribution >= 4 is 17.9 Å². The van der Waals surface area contributed by atoms with Crippen molar-refractivity contribution < 1.29 is 42.8 Å². The number of hydrogen-bond donors (Lipinski definition) is 0. The third-order valence-electron chi connectivity index (χ3n) is 14.2. The zero-order chi connectivity index (χ0) is 51.0. The van der Waals surface area contributed by atoms with Gasteiger partial charge in [0.25, 0.3) is 0 Å². The first-order chi connectivity index (χ1) is 35.0. The van der Waals surface area contributed by atoms with Crippen LogP contribution in [0.4, 0.5) is 0 Å². The molecule has 0 N–H and O–H groups in total. The molecule has 2 fully saturated rings. The predicted molar refractivity (Wildman–Crippen MR) is 293 cm³/mol. The summed E-state index contributed by atoms with van der Waals surface area (Å²) in [6.45, 7) is 7.18. The van der Waals surface area contributed by atoms with Gasteiger partial charge in [0, 0.05) is 19.3 Å². The fourth-order valence-corrected chi connectivity index (χ4v) is 9.71. The number of carbonyl (C=O) groups excluding carboxylic acids is 3. The molecule has 3 atom stereocenters. The quantitative estimate of drug-likeness (QED) is 0.0255. The molecular weight excluding hydrogens is 889 g/mol. The third kappa shape index (κ3) is 35.4. The second-order valence-electron chi connectivity index (χ2n) is 20.9. The van der Waals surface area contributed by atoms with Crippen LogP contribution in [0.25, 0.3) is 0 Å². The Hall–Kier alpha value is -2.49. The van der Waals surface area contributed by atoms with E-state index >= 15 is 0 Å². The van der Waals surface area contributed by atoms with E-state index in [1.54, 1.807) is 0 Å². The van der Waals surface area contributed by atoms with Gasteiger partial charge < -0.3 is 28.4 Å². The van der Waals surface area contributed by atoms with Gasteiger partial charge in [0.2, 0.25) is 5.79 Å². The highest BCUT2D eigenvalue weighted by Crippen LogP contribution is 2.36. The number of rotatable bonds is 50. The molecule has 0 bridgehead atoms. The Balaban J connectivity index is 1.80. The van der Waals surface area contributed by atoms with Crippen molar-refractivity contribution in [3.8, 4) is 0 Å². The molecule has 412 valence electrons. The summed E-state index contributed by atoms with van der Waals surface area (Å²) in [5.74, 6) is -2.48. The van der Waals surface area contributed by atoms with Crippen molar-refractivity contribution in [3.63, 3.8) is 0 Å². The normalized spacial score (nSPS) is 17.9. The number of carbonyl (C=O) groups is 3. The summed E-state index contributed by atoms with van der Waals surface area (Å²) in [5, 5.41) is 0. The molecule has 0 unspecified atom stereocenters. The van der Waals surface area contributed by atoms with Crippen LogP contribution in [0.2, 0.25) is 0 Å². The predicted octanol–water partition coefficient (Wildman–Crippen LogP) is 17.6. The van der Waals surface area contributed by atoms with Crippen LogP contribution in [-0.4, -0.2) is 68.4 Å². The van der Waals surface area contributed by atoms with Crippen LogP contribution in [0.15, 0.2) is 36.5 Å². The molecule has 0 spiro atoms. The first kappa shape index (κ1) is 64.6. The Morgan fingerprint density at radius 2 is 0.718 bits per heavy atom. The van der Waals surface area contributed by atoms with Crippen LogP contribution in [0.1, 0.15) is 290 Å². The highest BCUT2D eigenvalue weighted by Gasteiger charge is 2.58. The minimum Gasteiger partial charge on any atom is -0.460 e. The van der Waals surface area contributed by atoms with Crippen molar-refractivity contribution in [3.05, 3.63) is 36.5 Å². The Labute approximate surface area is 436 Å². The second kappa shape index (κ2) is 47.2. The summed E-state index contributed by atoms with van der Waals surface area (Å²) in [5.41, 5.74) is 0. The number of unbranched alkanes of at least 4 members (excludes halogenated alkanes) is 33. The molecule has 2 saturated heterocycles. The Morgan fingerprint density at radius 3 is 1.08 bits per heavy atom. The molecule has 0 aromatic carbocycles. The summed E-state index contributed by atoms with van der Waals surface area (Å²) in [4.78, 5) is 39.7. The molecule has 2 heterocycles. The van der Waals surface area contributed by atoms with E-state index in [0.29, 0.717) is 12.8 Å². The summed E-state index contributed by atoms with van der Waals surface area (Å²) >= 11 is 0. The monoisotopic (exact) mass is 999 g/mol. The van der Waals surface area contributed by atoms with E-state index in [4.69, 9.17) is 28.4 Å². The standard InChI is InChI=1S/C62H110O9/c1-4-7-10-13-16-19-22-25-28-31-34-37-40-43-46-49-57(63)67-55-62(68-52-53-69-62)61-60(71-59(65)51-48-45-42-39-36-33-30-27-24-21-18-15-12-9-6-3)56(54-66-61)70-58(64)50-47-44-41-38-35-32-29-26-23-20-17-14-11-8-5-2/h25-30,56,60-61H,4-24,31-55H2,1-3H3/b28-25-,29-26-,30-27-/t56-,60+,61-/m0/s1. The molecule has 0 saturated carbocycles. The van der Waals surface area contributed by atoms with Gasteiger partial charge in [0.05, 0.1) is 19.8 Å². The lowest BCUT2D eigenvalue weighted by Gasteiger charge is -2.35. The molecule has 9 heteroatoms. The molecule has 71 heavy (non-hydrogen) atoms. The molecule has 2 aliphatic heterocycles. The third-order valence-corrected chi connectivity index (χ3v) is 14.2. The van der Waals surface area contributed by atoms with Crippen molar-refractivity contribution in [2.75, 3.05) is 26.4 Å². The van der Waals surface area contributed by atoms with Crippen LogP contribution < -0.4 is 0 Å². The maximum Gasteiger partial charge on any atom is 0.306 e. The molecule has 0 aliphatic carbocycles. The highest BCUT2D eigenvalue weighted by atomic mass is 16.8. The second-order valence-corrected chi connectivity index (χ2v) is 20.9. The van der Waals surface area contributed by atoms with Crippen LogP contribution in [0.5, 0.6) is 0 Å². The van der Waals surface area contributed by atoms with Gasteiger partial charge in [-0.2, -0.15) is 0 Å². The van der Waals surface area contributed by atoms with Crippen molar-refractivity contribution in [2.45, 2.75) is 315 Å². The zero-order valence-electron chi connectivity index (χ0n) is 46.4. The SMILES string of the molecule is CCCCCCCC/C=C\CCCCCCCC(=O)OCC1([C@H]2OC[C@H](OC(=O)CCCCCCC/C=C\CCCCCCCC)[C@H]2OC(=O)CCCCCCC/C=C\CCCCCCCC)OCCO1. The fraction of sp³-hybridized carbons (Fsp3) is 0.855. The lowest BCUT2D eigenvalue weighted by Crippen LogP contribution is -2.55. The van der Waals surface area contributed by atoms with Crippen LogP contribution in [0.3, 0.4) is 0 Å². The van der Waals surface area contributed by atoms with E-state index in [1.165, 1.54) is 148 Å². The van der Waals surface area contributed by atoms with Crippen molar-refractivity contribution in [1.82, 2.24) is 0 Å². The van der Waals surface area contributed by atoms with Gasteiger partial charge in [-0.05, 0) is 96.3 Å². The summed E-state index contributed by atoms with van der Waals surface area (Å²) in [6.07, 6.45) is 58.4. The number of esters is 3. The average molecular weight is 1000 g/mol. The number of ether oxygens (including phenoxy) is 6. The molecule has 2 aliphatic rings. The van der Waals surface area contributed by atoms with Gasteiger partial charge in [-0.15, -0.1) is 0 Å². The van der Waals surface area contributed by atoms with E-state index in [1.807, 2.05) is 0 Å². The van der Waals surface area contributed by atoms with E-state index in [2.05, 4.69) is 57.2 Å². The largest absolute Gasteiger partial charge is 0.460 e. The minimum atomic E-state index is -1.46. The van der Waals surface area contributed by atoms with E-state index in [-0.39, 0.29) is 50.8 Å². The van der Waals surface area contributed by atoms with Gasteiger partial charge in [-0.1, -0.05) is 211 Å². The Bertz CT molecular complexity index is 1340. The summed E-state index contributed by atoms with van der Waals surface area (Å²) in [6, 6.07) is 0. The maximum absolute atomic E-state index is 13.4. The zero-order valence-corrected chi connectivity index (χ0v) is 46.4. The van der Waals surface area contributed by atoms with Gasteiger partial charge >= 0.3 is 17.9 Å². The molecule has 0 aromatic rings. The Kier molecular flexibility index (Phi) is 43.0. The summed E-state index contributed by atoms with van der Waals surface area (Å²) < 4.78 is 36.5. The fourth-order valence-electron chi connectivity index (χ4n) is 9.71. The maximum atomic E-state index is 13.4. The molecule has 0 radical (unpaired) electrons. The van der Waals surface area contributed by atoms with Crippen LogP contribution in [-0.2, 0) is 42.8 Å². The average Bonchev–Trinajstić information content (AvgIpc) is 4.02. The minimum absolute atomic E-state index is 0.0332. The topological polar surface area (TPSA) is 107 Å². The summed E-state index contributed by atoms with van der Waals surface area (Å²) in [7, 11) is 0. The van der Waals surface area contributed by atoms with Crippen LogP contribution in [0, 0.1) is 0 Å². The van der Waals surface area contributed by atoms with Gasteiger partial charge in [-0.3, -0.25) is 14.4 Å². The highest BCUT2D eigenvalue weighted by molar-refractivity contribution is 5.71. The number of allylic oxidation sites excluding steroid dienone is 6. The molecular formula is C62H110O9. The van der Waals surface area contributed by atoms with E-state index in [9.17, 15) is 14.4 Å². The Morgan fingerprint density at radius 1 is 0.408 bits per heavy atom. The lowest BCUT2D eigenvalue weighted by atomic mass is 10.0. The molecule has 0 amide bonds. The van der Waals surface area contributed by atoms with E-state index < -0.39 is 24.1 Å². The van der Waals surface area contributed by atoms with Gasteiger partial charge in [0.1, 0.15) is 6.61 Å². The van der Waals surface area contributed by atoms with Crippen molar-refractivity contribution in [2.24, 2.45) is 0 Å². The van der Waals surface area contributed by atoms with Crippen molar-refractivity contribution in [1.29, 1.82) is 0 Å². The smallest absolute Gasteiger partial charge is 0.306 e. The number of hydrogen-bond acceptors (Lipinski definition) is 9.